The molecule has 0 amide bonds. The van der Waals surface area contributed by atoms with Gasteiger partial charge < -0.3 is 27.9 Å². The van der Waals surface area contributed by atoms with E-state index in [4.69, 9.17) is 18.5 Å². The second-order valence-corrected chi connectivity index (χ2v) is 15.4. The highest BCUT2D eigenvalue weighted by Crippen LogP contribution is 2.38. The molecule has 0 saturated heterocycles. The van der Waals surface area contributed by atoms with E-state index >= 15 is 0 Å². The van der Waals surface area contributed by atoms with Crippen LogP contribution >= 0.6 is 7.82 Å². The lowest BCUT2D eigenvalue weighted by molar-refractivity contribution is -0.870. The maximum atomic E-state index is 12.6. The summed E-state index contributed by atoms with van der Waals surface area (Å²) < 4.78 is 33.7. The molecule has 0 bridgehead atoms. The Kier molecular flexibility index (Phi) is 30.0. The Balaban J connectivity index is 4.37. The van der Waals surface area contributed by atoms with Crippen LogP contribution in [0.5, 0.6) is 0 Å². The zero-order valence-corrected chi connectivity index (χ0v) is 31.7. The van der Waals surface area contributed by atoms with E-state index in [1.54, 1.807) is 0 Å². The summed E-state index contributed by atoms with van der Waals surface area (Å²) in [7, 11) is 1.17. The minimum Gasteiger partial charge on any atom is -0.756 e. The molecule has 0 fully saturated rings. The van der Waals surface area contributed by atoms with Crippen LogP contribution in [0.2, 0.25) is 0 Å². The SMILES string of the molecule is C=CCCCCCCCCCCCCCCCC(=O)O[C@H](COC(=O)CCCCCCCCCC)COP(=O)([O-])OCC[N+](C)(C)C. The van der Waals surface area contributed by atoms with E-state index < -0.39 is 26.5 Å². The molecule has 9 nitrogen and oxygen atoms in total. The Bertz CT molecular complexity index is 817. The zero-order valence-electron chi connectivity index (χ0n) is 30.8. The van der Waals surface area contributed by atoms with Crippen LogP contribution < -0.4 is 4.89 Å². The number of carbonyl (C=O) groups excluding carboxylic acids is 2. The number of rotatable bonds is 35. The minimum atomic E-state index is -4.61. The summed E-state index contributed by atoms with van der Waals surface area (Å²) in [6.45, 7) is 5.70. The number of unbranched alkanes of at least 4 members (excludes halogenated alkanes) is 20. The molecule has 0 aromatic carbocycles. The van der Waals surface area contributed by atoms with Gasteiger partial charge in [-0.2, -0.15) is 0 Å². The van der Waals surface area contributed by atoms with Crippen LogP contribution in [0.15, 0.2) is 12.7 Å². The monoisotopic (exact) mass is 689 g/mol. The molecule has 0 radical (unpaired) electrons. The second kappa shape index (κ2) is 30.8. The number of ether oxygens (including phenoxy) is 2. The normalized spacial score (nSPS) is 13.6. The molecule has 278 valence electrons. The number of hydrogen-bond acceptors (Lipinski definition) is 8. The van der Waals surface area contributed by atoms with Crippen LogP contribution in [-0.2, 0) is 32.7 Å². The van der Waals surface area contributed by atoms with Gasteiger partial charge in [0.05, 0.1) is 27.7 Å². The summed E-state index contributed by atoms with van der Waals surface area (Å²) in [6.07, 6.45) is 27.1. The predicted molar refractivity (Wildman–Crippen MR) is 190 cm³/mol. The van der Waals surface area contributed by atoms with Gasteiger partial charge in [0.25, 0.3) is 7.82 Å². The van der Waals surface area contributed by atoms with Crippen molar-refractivity contribution in [2.75, 3.05) is 47.5 Å². The average molecular weight is 690 g/mol. The topological polar surface area (TPSA) is 111 Å². The number of quaternary nitrogens is 1. The molecule has 2 atom stereocenters. The lowest BCUT2D eigenvalue weighted by Crippen LogP contribution is -2.37. The van der Waals surface area contributed by atoms with E-state index in [1.165, 1.54) is 89.9 Å². The van der Waals surface area contributed by atoms with Crippen molar-refractivity contribution in [2.24, 2.45) is 0 Å². The third-order valence-corrected chi connectivity index (χ3v) is 9.15. The standard InChI is InChI=1S/C37H72NO8P/c1-6-8-10-12-14-16-17-18-19-20-21-22-24-26-28-30-37(40)46-35(34-45-47(41,42)44-32-31-38(3,4)5)33-43-36(39)29-27-25-23-15-13-11-9-7-2/h6,35H,1,7-34H2,2-5H3/t35-/m1/s1. The highest BCUT2D eigenvalue weighted by Gasteiger charge is 2.21. The van der Waals surface area contributed by atoms with Gasteiger partial charge in [-0.3, -0.25) is 14.2 Å². The number of hydrogen-bond donors (Lipinski definition) is 0. The van der Waals surface area contributed by atoms with Crippen molar-refractivity contribution >= 4 is 19.8 Å². The fraction of sp³-hybridized carbons (Fsp3) is 0.892. The third kappa shape index (κ3) is 34.4. The number of esters is 2. The smallest absolute Gasteiger partial charge is 0.306 e. The number of phosphoric acid groups is 1. The van der Waals surface area contributed by atoms with Gasteiger partial charge in [0.1, 0.15) is 19.8 Å². The van der Waals surface area contributed by atoms with E-state index in [1.807, 2.05) is 27.2 Å². The van der Waals surface area contributed by atoms with Gasteiger partial charge in [0.15, 0.2) is 6.10 Å². The van der Waals surface area contributed by atoms with Gasteiger partial charge in [0.2, 0.25) is 0 Å². The molecule has 0 aromatic rings. The lowest BCUT2D eigenvalue weighted by Gasteiger charge is -2.28. The van der Waals surface area contributed by atoms with Gasteiger partial charge >= 0.3 is 11.9 Å². The van der Waals surface area contributed by atoms with Crippen molar-refractivity contribution < 1.29 is 42.1 Å². The fourth-order valence-electron chi connectivity index (χ4n) is 5.16. The Hall–Kier alpha value is -1.25. The third-order valence-electron chi connectivity index (χ3n) is 8.18. The van der Waals surface area contributed by atoms with E-state index in [0.29, 0.717) is 17.4 Å². The molecule has 0 spiro atoms. The first-order valence-electron chi connectivity index (χ1n) is 18.9. The zero-order chi connectivity index (χ0) is 35.1. The van der Waals surface area contributed by atoms with Crippen molar-refractivity contribution in [2.45, 2.75) is 167 Å². The minimum absolute atomic E-state index is 0.0287. The number of nitrogens with zero attached hydrogens (tertiary/aromatic N) is 1. The largest absolute Gasteiger partial charge is 0.756 e. The quantitative estimate of drug-likeness (QED) is 0.0213. The van der Waals surface area contributed by atoms with Gasteiger partial charge in [-0.1, -0.05) is 129 Å². The predicted octanol–water partition coefficient (Wildman–Crippen LogP) is 9.22. The highest BCUT2D eigenvalue weighted by atomic mass is 31.2. The van der Waals surface area contributed by atoms with Crippen LogP contribution in [0, 0.1) is 0 Å². The Morgan fingerprint density at radius 1 is 0.681 bits per heavy atom. The molecule has 10 heteroatoms. The summed E-state index contributed by atoms with van der Waals surface area (Å²) in [5.74, 6) is -0.838. The number of carbonyl (C=O) groups is 2. The molecule has 0 N–H and O–H groups in total. The number of phosphoric ester groups is 1. The van der Waals surface area contributed by atoms with Crippen LogP contribution in [0.4, 0.5) is 0 Å². The molecule has 0 saturated carbocycles. The summed E-state index contributed by atoms with van der Waals surface area (Å²) in [6, 6.07) is 0. The first kappa shape index (κ1) is 45.8. The van der Waals surface area contributed by atoms with E-state index in [0.717, 1.165) is 44.9 Å². The van der Waals surface area contributed by atoms with Crippen LogP contribution in [0.25, 0.3) is 0 Å². The molecular weight excluding hydrogens is 617 g/mol. The first-order chi connectivity index (χ1) is 22.5. The molecule has 47 heavy (non-hydrogen) atoms. The van der Waals surface area contributed by atoms with Crippen molar-refractivity contribution in [1.82, 2.24) is 0 Å². The highest BCUT2D eigenvalue weighted by molar-refractivity contribution is 7.45. The lowest BCUT2D eigenvalue weighted by atomic mass is 10.0. The van der Waals surface area contributed by atoms with E-state index in [2.05, 4.69) is 13.5 Å². The molecule has 0 aliphatic heterocycles. The molecule has 1 unspecified atom stereocenters. The number of allylic oxidation sites excluding steroid dienone is 1. The second-order valence-electron chi connectivity index (χ2n) is 14.0. The molecule has 0 aromatic heterocycles. The maximum absolute atomic E-state index is 12.6. The van der Waals surface area contributed by atoms with Crippen LogP contribution in [0.1, 0.15) is 161 Å². The first-order valence-corrected chi connectivity index (χ1v) is 20.3. The summed E-state index contributed by atoms with van der Waals surface area (Å²) in [5, 5.41) is 0. The van der Waals surface area contributed by atoms with Gasteiger partial charge in [-0.25, -0.2) is 0 Å². The van der Waals surface area contributed by atoms with E-state index in [-0.39, 0.29) is 32.0 Å². The summed E-state index contributed by atoms with van der Waals surface area (Å²) in [5.41, 5.74) is 0. The van der Waals surface area contributed by atoms with Crippen LogP contribution in [-0.4, -0.2) is 70.0 Å². The molecule has 0 rings (SSSR count). The van der Waals surface area contributed by atoms with Gasteiger partial charge in [0, 0.05) is 12.8 Å². The Morgan fingerprint density at radius 3 is 1.60 bits per heavy atom. The van der Waals surface area contributed by atoms with Crippen molar-refractivity contribution in [3.05, 3.63) is 12.7 Å². The van der Waals surface area contributed by atoms with Gasteiger partial charge in [-0.15, -0.1) is 6.58 Å². The van der Waals surface area contributed by atoms with E-state index in [9.17, 15) is 19.0 Å². The molecule has 0 aliphatic rings. The van der Waals surface area contributed by atoms with Crippen LogP contribution in [0.3, 0.4) is 0 Å². The van der Waals surface area contributed by atoms with Crippen molar-refractivity contribution in [1.29, 1.82) is 0 Å². The maximum Gasteiger partial charge on any atom is 0.306 e. The molecule has 0 aliphatic carbocycles. The Labute approximate surface area is 288 Å². The van der Waals surface area contributed by atoms with Crippen molar-refractivity contribution in [3.63, 3.8) is 0 Å². The van der Waals surface area contributed by atoms with Gasteiger partial charge in [-0.05, 0) is 25.7 Å². The summed E-state index contributed by atoms with van der Waals surface area (Å²) >= 11 is 0. The number of likely N-dealkylation sites (N-methyl/N-ethyl adjacent to an activating group) is 1. The fourth-order valence-corrected chi connectivity index (χ4v) is 5.89. The Morgan fingerprint density at radius 2 is 1.13 bits per heavy atom. The average Bonchev–Trinajstić information content (AvgIpc) is 3.01. The summed E-state index contributed by atoms with van der Waals surface area (Å²) in [4.78, 5) is 37.2. The van der Waals surface area contributed by atoms with Crippen molar-refractivity contribution in [3.8, 4) is 0 Å². The molecular formula is C37H72NO8P. The molecule has 0 heterocycles.